The zero-order chi connectivity index (χ0) is 21.7. The van der Waals surface area contributed by atoms with Gasteiger partial charge in [0, 0.05) is 35.0 Å². The molecule has 0 radical (unpaired) electrons. The molecule has 0 amide bonds. The van der Waals surface area contributed by atoms with Gasteiger partial charge in [-0.25, -0.2) is 0 Å². The highest BCUT2D eigenvalue weighted by atomic mass is 16.8. The minimum Gasteiger partial charge on any atom is -0.456 e. The summed E-state index contributed by atoms with van der Waals surface area (Å²) in [6, 6.07) is 0. The maximum absolute atomic E-state index is 11.7. The molecule has 2 aliphatic heterocycles. The Morgan fingerprint density at radius 2 is 1.31 bits per heavy atom. The summed E-state index contributed by atoms with van der Waals surface area (Å²) in [5.41, 5.74) is 0. The zero-order valence-electron chi connectivity index (χ0n) is 17.3. The summed E-state index contributed by atoms with van der Waals surface area (Å²) >= 11 is 0. The van der Waals surface area contributed by atoms with Crippen LogP contribution in [0.25, 0.3) is 0 Å². The van der Waals surface area contributed by atoms with Gasteiger partial charge in [0.1, 0.15) is 12.2 Å². The van der Waals surface area contributed by atoms with E-state index in [9.17, 15) is 14.4 Å². The molecule has 2 rings (SSSR count). The summed E-state index contributed by atoms with van der Waals surface area (Å²) in [6.45, 7) is 5.37. The van der Waals surface area contributed by atoms with Crippen molar-refractivity contribution in [2.45, 2.75) is 76.9 Å². The maximum Gasteiger partial charge on any atom is 0.303 e. The third-order valence-corrected chi connectivity index (χ3v) is 4.51. The number of carbonyl (C=O) groups is 3. The van der Waals surface area contributed by atoms with E-state index in [-0.39, 0.29) is 6.61 Å². The molecule has 0 bridgehead atoms. The van der Waals surface area contributed by atoms with Gasteiger partial charge in [-0.15, -0.1) is 0 Å². The summed E-state index contributed by atoms with van der Waals surface area (Å²) in [4.78, 5) is 34.9. The smallest absolute Gasteiger partial charge is 0.303 e. The maximum atomic E-state index is 11.7. The molecule has 0 N–H and O–H groups in total. The summed E-state index contributed by atoms with van der Waals surface area (Å²) in [6.07, 6.45) is -6.97. The van der Waals surface area contributed by atoms with Crippen LogP contribution in [0.3, 0.4) is 0 Å². The fraction of sp³-hybridized carbons (Fsp3) is 0.833. The van der Waals surface area contributed by atoms with Gasteiger partial charge >= 0.3 is 17.9 Å². The third kappa shape index (κ3) is 5.86. The molecule has 11 heteroatoms. The first kappa shape index (κ1) is 23.5. The van der Waals surface area contributed by atoms with Gasteiger partial charge in [-0.3, -0.25) is 14.4 Å². The van der Waals surface area contributed by atoms with E-state index in [1.807, 2.05) is 0 Å². The molecule has 2 heterocycles. The lowest BCUT2D eigenvalue weighted by molar-refractivity contribution is -0.314. The second-order valence-electron chi connectivity index (χ2n) is 6.74. The minimum absolute atomic E-state index is 0.143. The van der Waals surface area contributed by atoms with Crippen LogP contribution in [0, 0.1) is 0 Å². The van der Waals surface area contributed by atoms with Crippen molar-refractivity contribution >= 4 is 17.9 Å². The van der Waals surface area contributed by atoms with Gasteiger partial charge in [-0.2, -0.15) is 0 Å². The fourth-order valence-electron chi connectivity index (χ4n) is 3.39. The first-order chi connectivity index (χ1) is 13.7. The highest BCUT2D eigenvalue weighted by Crippen LogP contribution is 2.32. The van der Waals surface area contributed by atoms with Crippen LogP contribution in [0.2, 0.25) is 0 Å². The van der Waals surface area contributed by atoms with Gasteiger partial charge in [-0.05, 0) is 6.92 Å². The Hall–Kier alpha value is -1.79. The average molecular weight is 420 g/mol. The van der Waals surface area contributed by atoms with Crippen LogP contribution in [-0.2, 0) is 52.3 Å². The molecule has 0 aromatic heterocycles. The SMILES string of the molecule is CO[C@@H]1OC[C@H](O[C@@H]2O[C@@H](C)[C@H](OC(C)=O)[C@@H](OC(C)=O)[C@H]2OC(C)=O)[C@H]1OC. The molecule has 2 aliphatic rings. The van der Waals surface area contributed by atoms with E-state index in [0.717, 1.165) is 0 Å². The van der Waals surface area contributed by atoms with Crippen LogP contribution in [0.4, 0.5) is 0 Å². The lowest BCUT2D eigenvalue weighted by Gasteiger charge is -2.44. The molecule has 0 aromatic carbocycles. The van der Waals surface area contributed by atoms with E-state index in [0.29, 0.717) is 0 Å². The van der Waals surface area contributed by atoms with Gasteiger partial charge in [0.25, 0.3) is 0 Å². The monoisotopic (exact) mass is 420 g/mol. The van der Waals surface area contributed by atoms with Crippen molar-refractivity contribution in [1.29, 1.82) is 0 Å². The molecule has 0 spiro atoms. The molecular weight excluding hydrogens is 392 g/mol. The largest absolute Gasteiger partial charge is 0.456 e. The molecule has 0 aliphatic carbocycles. The van der Waals surface area contributed by atoms with Gasteiger partial charge in [0.2, 0.25) is 0 Å². The van der Waals surface area contributed by atoms with Crippen molar-refractivity contribution in [3.05, 3.63) is 0 Å². The number of rotatable bonds is 7. The summed E-state index contributed by atoms with van der Waals surface area (Å²) in [7, 11) is 2.95. The number of esters is 3. The highest BCUT2D eigenvalue weighted by molar-refractivity contribution is 5.68. The van der Waals surface area contributed by atoms with Crippen LogP contribution in [0.5, 0.6) is 0 Å². The molecule has 0 unspecified atom stereocenters. The van der Waals surface area contributed by atoms with Crippen molar-refractivity contribution in [3.8, 4) is 0 Å². The lowest BCUT2D eigenvalue weighted by Crippen LogP contribution is -2.62. The topological polar surface area (TPSA) is 125 Å². The highest BCUT2D eigenvalue weighted by Gasteiger charge is 2.53. The second-order valence-corrected chi connectivity index (χ2v) is 6.74. The average Bonchev–Trinajstić information content (AvgIpc) is 3.02. The first-order valence-electron chi connectivity index (χ1n) is 9.17. The Morgan fingerprint density at radius 1 is 0.759 bits per heavy atom. The number of carbonyl (C=O) groups excluding carboxylic acids is 3. The Kier molecular flexibility index (Phi) is 8.34. The van der Waals surface area contributed by atoms with E-state index >= 15 is 0 Å². The molecule has 8 atom stereocenters. The van der Waals surface area contributed by atoms with Crippen LogP contribution in [-0.4, -0.2) is 87.9 Å². The molecule has 2 saturated heterocycles. The Bertz CT molecular complexity index is 594. The van der Waals surface area contributed by atoms with Crippen molar-refractivity contribution < 1.29 is 52.3 Å². The molecule has 0 saturated carbocycles. The molecule has 29 heavy (non-hydrogen) atoms. The van der Waals surface area contributed by atoms with Crippen molar-refractivity contribution in [3.63, 3.8) is 0 Å². The van der Waals surface area contributed by atoms with Gasteiger partial charge in [-0.1, -0.05) is 0 Å². The number of hydrogen-bond donors (Lipinski definition) is 0. The van der Waals surface area contributed by atoms with Gasteiger partial charge in [0.05, 0.1) is 12.7 Å². The fourth-order valence-corrected chi connectivity index (χ4v) is 3.39. The van der Waals surface area contributed by atoms with E-state index < -0.39 is 67.1 Å². The molecule has 11 nitrogen and oxygen atoms in total. The standard InChI is InChI=1S/C18H28O11/c1-8-13(26-9(2)19)15(27-10(3)20)16(28-11(4)21)18(25-8)29-12-7-24-17(23-6)14(12)22-5/h8,12-18H,7H2,1-6H3/t8-,12-,13-,14+,15+,16+,17+,18-/m0/s1. The molecular formula is C18H28O11. The normalized spacial score (nSPS) is 37.0. The van der Waals surface area contributed by atoms with E-state index in [1.54, 1.807) is 6.92 Å². The Labute approximate surface area is 168 Å². The zero-order valence-corrected chi connectivity index (χ0v) is 17.3. The van der Waals surface area contributed by atoms with Crippen LogP contribution in [0.1, 0.15) is 27.7 Å². The molecule has 0 aromatic rings. The van der Waals surface area contributed by atoms with E-state index in [2.05, 4.69) is 0 Å². The first-order valence-corrected chi connectivity index (χ1v) is 9.17. The van der Waals surface area contributed by atoms with Crippen LogP contribution >= 0.6 is 0 Å². The molecule has 166 valence electrons. The summed E-state index contributed by atoms with van der Waals surface area (Å²) < 4.78 is 43.8. The van der Waals surface area contributed by atoms with Crippen molar-refractivity contribution in [2.75, 3.05) is 20.8 Å². The predicted octanol–water partition coefficient (Wildman–Crippen LogP) is -0.0708. The number of ether oxygens (including phenoxy) is 8. The second kappa shape index (κ2) is 10.3. The predicted molar refractivity (Wildman–Crippen MR) is 93.4 cm³/mol. The minimum atomic E-state index is -1.18. The van der Waals surface area contributed by atoms with E-state index in [1.165, 1.54) is 35.0 Å². The Balaban J connectivity index is 2.28. The number of hydrogen-bond acceptors (Lipinski definition) is 11. The Morgan fingerprint density at radius 3 is 1.83 bits per heavy atom. The summed E-state index contributed by atoms with van der Waals surface area (Å²) in [5.74, 6) is -1.90. The quantitative estimate of drug-likeness (QED) is 0.406. The number of methoxy groups -OCH3 is 2. The van der Waals surface area contributed by atoms with Crippen molar-refractivity contribution in [2.24, 2.45) is 0 Å². The van der Waals surface area contributed by atoms with Gasteiger partial charge in [0.15, 0.2) is 30.9 Å². The van der Waals surface area contributed by atoms with Crippen LogP contribution in [0.15, 0.2) is 0 Å². The van der Waals surface area contributed by atoms with Crippen LogP contribution < -0.4 is 0 Å². The lowest BCUT2D eigenvalue weighted by atomic mass is 9.98. The van der Waals surface area contributed by atoms with E-state index in [4.69, 9.17) is 37.9 Å². The third-order valence-electron chi connectivity index (χ3n) is 4.51. The molecule has 2 fully saturated rings. The van der Waals surface area contributed by atoms with Crippen molar-refractivity contribution in [1.82, 2.24) is 0 Å². The summed E-state index contributed by atoms with van der Waals surface area (Å²) in [5, 5.41) is 0. The van der Waals surface area contributed by atoms with Gasteiger partial charge < -0.3 is 37.9 Å².